The fourth-order valence-electron chi connectivity index (χ4n) is 8.86. The Morgan fingerprint density at radius 3 is 1.32 bits per heavy atom. The van der Waals surface area contributed by atoms with E-state index in [-0.39, 0.29) is 25.6 Å². The number of allylic oxidation sites excluding steroid dienone is 4. The van der Waals surface area contributed by atoms with Crippen molar-refractivity contribution in [3.05, 3.63) is 24.3 Å². The summed E-state index contributed by atoms with van der Waals surface area (Å²) in [6.07, 6.45) is 30.9. The molecule has 0 spiro atoms. The van der Waals surface area contributed by atoms with E-state index in [2.05, 4.69) is 38.2 Å². The van der Waals surface area contributed by atoms with Crippen LogP contribution in [0.2, 0.25) is 0 Å². The first-order valence-corrected chi connectivity index (χ1v) is 27.9. The van der Waals surface area contributed by atoms with Crippen LogP contribution in [0.4, 0.5) is 0 Å². The van der Waals surface area contributed by atoms with Crippen LogP contribution in [0.15, 0.2) is 24.3 Å². The van der Waals surface area contributed by atoms with E-state index in [9.17, 15) is 40.5 Å². The van der Waals surface area contributed by atoms with E-state index >= 15 is 0 Å². The molecule has 2 fully saturated rings. The molecule has 0 radical (unpaired) electrons. The zero-order valence-corrected chi connectivity index (χ0v) is 43.3. The lowest BCUT2D eigenvalue weighted by molar-refractivity contribution is -0.332. The molecule has 0 bridgehead atoms. The second-order valence-electron chi connectivity index (χ2n) is 19.8. The maximum Gasteiger partial charge on any atom is 0.306 e. The predicted molar refractivity (Wildman–Crippen MR) is 270 cm³/mol. The van der Waals surface area contributed by atoms with Crippen molar-refractivity contribution >= 4 is 5.97 Å². The van der Waals surface area contributed by atoms with Crippen molar-refractivity contribution in [2.45, 2.75) is 287 Å². The van der Waals surface area contributed by atoms with Crippen LogP contribution in [-0.2, 0) is 33.2 Å². The number of rotatable bonds is 45. The van der Waals surface area contributed by atoms with Crippen LogP contribution in [0.1, 0.15) is 219 Å². The van der Waals surface area contributed by atoms with Gasteiger partial charge in [0, 0.05) is 13.0 Å². The summed E-state index contributed by atoms with van der Waals surface area (Å²) in [5.41, 5.74) is 0. The number of esters is 1. The van der Waals surface area contributed by atoms with Gasteiger partial charge in [-0.1, -0.05) is 173 Å². The Morgan fingerprint density at radius 2 is 0.855 bits per heavy atom. The molecule has 0 aliphatic carbocycles. The summed E-state index contributed by atoms with van der Waals surface area (Å²) >= 11 is 0. The Kier molecular flexibility index (Phi) is 39.6. The molecule has 2 heterocycles. The zero-order chi connectivity index (χ0) is 50.2. The Hall–Kier alpha value is -1.53. The molecule has 14 nitrogen and oxygen atoms in total. The van der Waals surface area contributed by atoms with Gasteiger partial charge in [0.2, 0.25) is 0 Å². The second-order valence-corrected chi connectivity index (χ2v) is 19.8. The van der Waals surface area contributed by atoms with E-state index in [1.807, 2.05) is 0 Å². The molecule has 0 aromatic rings. The molecule has 2 aliphatic heterocycles. The molecule has 0 amide bonds. The van der Waals surface area contributed by atoms with Gasteiger partial charge in [-0.3, -0.25) is 4.79 Å². The van der Waals surface area contributed by atoms with E-state index in [0.717, 1.165) is 44.9 Å². The first kappa shape index (κ1) is 63.6. The topological polar surface area (TPSA) is 214 Å². The minimum Gasteiger partial charge on any atom is -0.457 e. The predicted octanol–water partition coefficient (Wildman–Crippen LogP) is 9.19. The van der Waals surface area contributed by atoms with Gasteiger partial charge in [-0.25, -0.2) is 0 Å². The van der Waals surface area contributed by atoms with E-state index in [1.165, 1.54) is 148 Å². The van der Waals surface area contributed by atoms with Crippen LogP contribution >= 0.6 is 0 Å². The van der Waals surface area contributed by atoms with Crippen LogP contribution in [0.3, 0.4) is 0 Å². The number of aliphatic hydroxyl groups excluding tert-OH is 7. The Bertz CT molecular complexity index is 1240. The number of hydrogen-bond donors (Lipinski definition) is 7. The lowest BCUT2D eigenvalue weighted by Gasteiger charge is -2.42. The summed E-state index contributed by atoms with van der Waals surface area (Å²) in [6.45, 7) is 3.69. The Morgan fingerprint density at radius 1 is 0.464 bits per heavy atom. The third kappa shape index (κ3) is 30.3. The molecular weight excluding hydrogens is 885 g/mol. The maximum atomic E-state index is 13.0. The number of carbonyl (C=O) groups is 1. The fraction of sp³-hybridized carbons (Fsp3) is 0.909. The molecule has 0 saturated carbocycles. The van der Waals surface area contributed by atoms with Gasteiger partial charge in [0.1, 0.15) is 54.9 Å². The lowest BCUT2D eigenvalue weighted by atomic mass is 9.98. The minimum atomic E-state index is -1.71. The van der Waals surface area contributed by atoms with Crippen molar-refractivity contribution < 1.29 is 69.0 Å². The van der Waals surface area contributed by atoms with Crippen LogP contribution in [0.25, 0.3) is 0 Å². The minimum absolute atomic E-state index is 0.0595. The summed E-state index contributed by atoms with van der Waals surface area (Å²) in [5, 5.41) is 72.2. The van der Waals surface area contributed by atoms with Gasteiger partial charge < -0.3 is 64.2 Å². The second kappa shape index (κ2) is 42.9. The third-order valence-electron chi connectivity index (χ3n) is 13.4. The van der Waals surface area contributed by atoms with Gasteiger partial charge in [0.05, 0.1) is 26.4 Å². The van der Waals surface area contributed by atoms with Crippen molar-refractivity contribution in [3.8, 4) is 0 Å². The first-order valence-electron chi connectivity index (χ1n) is 27.9. The highest BCUT2D eigenvalue weighted by Crippen LogP contribution is 2.26. The average molecular weight is 987 g/mol. The highest BCUT2D eigenvalue weighted by Gasteiger charge is 2.47. The van der Waals surface area contributed by atoms with E-state index in [4.69, 9.17) is 28.4 Å². The number of aliphatic hydroxyl groups is 7. The Balaban J connectivity index is 1.74. The average Bonchev–Trinajstić information content (AvgIpc) is 3.35. The molecule has 14 heteroatoms. The van der Waals surface area contributed by atoms with Crippen LogP contribution < -0.4 is 0 Å². The maximum absolute atomic E-state index is 13.0. The Labute approximate surface area is 417 Å². The number of hydrogen-bond acceptors (Lipinski definition) is 14. The normalized spacial score (nSPS) is 25.8. The molecule has 0 aromatic carbocycles. The standard InChI is InChI=1S/C55H102O14/c1-3-5-7-9-11-13-15-17-19-21-22-23-24-26-28-30-32-34-36-38-47(57)67-44(41-64-39-37-35-33-31-29-27-25-20-18-16-14-12-10-8-6-4-2)42-65-54-53(63)51(61)49(59)46(69-54)43-66-55-52(62)50(60)48(58)45(40-56)68-55/h17-20,44-46,48-56,58-63H,3-16,21-43H2,1-2H3/b19-17-,20-18-. The first-order chi connectivity index (χ1) is 33.6. The van der Waals surface area contributed by atoms with Crippen molar-refractivity contribution in [1.29, 1.82) is 0 Å². The number of ether oxygens (including phenoxy) is 6. The molecular formula is C55H102O14. The molecule has 7 N–H and O–H groups in total. The quantitative estimate of drug-likeness (QED) is 0.0172. The molecule has 11 atom stereocenters. The van der Waals surface area contributed by atoms with Crippen molar-refractivity contribution in [3.63, 3.8) is 0 Å². The summed E-state index contributed by atoms with van der Waals surface area (Å²) in [5.74, 6) is -0.378. The van der Waals surface area contributed by atoms with Crippen LogP contribution in [0.5, 0.6) is 0 Å². The van der Waals surface area contributed by atoms with Gasteiger partial charge >= 0.3 is 5.97 Å². The molecule has 2 rings (SSSR count). The van der Waals surface area contributed by atoms with E-state index in [1.54, 1.807) is 0 Å². The van der Waals surface area contributed by atoms with Gasteiger partial charge in [-0.05, 0) is 64.2 Å². The van der Waals surface area contributed by atoms with E-state index in [0.29, 0.717) is 13.0 Å². The molecule has 0 aromatic heterocycles. The van der Waals surface area contributed by atoms with Gasteiger partial charge in [-0.15, -0.1) is 0 Å². The van der Waals surface area contributed by atoms with Gasteiger partial charge in [0.25, 0.3) is 0 Å². The third-order valence-corrected chi connectivity index (χ3v) is 13.4. The summed E-state index contributed by atoms with van der Waals surface area (Å²) in [6, 6.07) is 0. The molecule has 11 unspecified atom stereocenters. The summed E-state index contributed by atoms with van der Waals surface area (Å²) in [7, 11) is 0. The van der Waals surface area contributed by atoms with Crippen LogP contribution in [0, 0.1) is 0 Å². The van der Waals surface area contributed by atoms with Crippen molar-refractivity contribution in [2.75, 3.05) is 33.0 Å². The van der Waals surface area contributed by atoms with E-state index < -0.39 is 80.7 Å². The SMILES string of the molecule is CCCCCCCC/C=C\CCCCCCCCCCCC(=O)OC(COCCCCCCCC/C=C\CCCCCCCC)COC1OC(COC2OC(CO)C(O)C(O)C2O)C(O)C(O)C1O. The summed E-state index contributed by atoms with van der Waals surface area (Å²) < 4.78 is 34.3. The highest BCUT2D eigenvalue weighted by molar-refractivity contribution is 5.69. The molecule has 69 heavy (non-hydrogen) atoms. The van der Waals surface area contributed by atoms with Crippen molar-refractivity contribution in [1.82, 2.24) is 0 Å². The van der Waals surface area contributed by atoms with Crippen molar-refractivity contribution in [2.24, 2.45) is 0 Å². The summed E-state index contributed by atoms with van der Waals surface area (Å²) in [4.78, 5) is 13.0. The highest BCUT2D eigenvalue weighted by atomic mass is 16.7. The smallest absolute Gasteiger partial charge is 0.306 e. The monoisotopic (exact) mass is 987 g/mol. The molecule has 406 valence electrons. The molecule has 2 saturated heterocycles. The molecule has 2 aliphatic rings. The largest absolute Gasteiger partial charge is 0.457 e. The van der Waals surface area contributed by atoms with Crippen LogP contribution in [-0.4, -0.2) is 142 Å². The van der Waals surface area contributed by atoms with Gasteiger partial charge in [0.15, 0.2) is 12.6 Å². The lowest BCUT2D eigenvalue weighted by Crippen LogP contribution is -2.61. The zero-order valence-electron chi connectivity index (χ0n) is 43.3. The van der Waals surface area contributed by atoms with Gasteiger partial charge in [-0.2, -0.15) is 0 Å². The number of carbonyl (C=O) groups excluding carboxylic acids is 1. The fourth-order valence-corrected chi connectivity index (χ4v) is 8.86. The number of unbranched alkanes of at least 4 members (excludes halogenated alkanes) is 27.